The van der Waals surface area contributed by atoms with Crippen LogP contribution in [0.4, 0.5) is 0 Å². The average Bonchev–Trinajstić information content (AvgIpc) is 3.63. The largest absolute Gasteiger partial charge is 0.336 e. The number of rotatable bonds is 6. The number of nitrogens with zero attached hydrogens (tertiary/aromatic N) is 3. The number of benzene rings is 4. The van der Waals surface area contributed by atoms with E-state index in [1.54, 1.807) is 6.08 Å². The van der Waals surface area contributed by atoms with Crippen molar-refractivity contribution in [3.63, 3.8) is 0 Å². The van der Waals surface area contributed by atoms with Crippen LogP contribution in [0.25, 0.3) is 61.2 Å². The number of para-hydroxylation sites is 2. The summed E-state index contributed by atoms with van der Waals surface area (Å²) >= 11 is 0. The van der Waals surface area contributed by atoms with E-state index < -0.39 is 0 Å². The molecule has 1 aliphatic carbocycles. The Kier molecular flexibility index (Phi) is 7.04. The molecule has 5 aromatic carbocycles. The Bertz CT molecular complexity index is 2500. The predicted octanol–water partition coefficient (Wildman–Crippen LogP) is 10.1. The van der Waals surface area contributed by atoms with Crippen LogP contribution in [0.5, 0.6) is 0 Å². The van der Waals surface area contributed by atoms with Gasteiger partial charge in [0.2, 0.25) is 0 Å². The molecule has 2 heterocycles. The molecular formula is C44H29N3. The van der Waals surface area contributed by atoms with Crippen LogP contribution in [0.15, 0.2) is 127 Å². The summed E-state index contributed by atoms with van der Waals surface area (Å²) in [4.78, 5) is 0. The fourth-order valence-corrected chi connectivity index (χ4v) is 7.03. The highest BCUT2D eigenvalue weighted by Gasteiger charge is 2.22. The van der Waals surface area contributed by atoms with Gasteiger partial charge in [-0.3, -0.25) is 0 Å². The van der Waals surface area contributed by atoms with Crippen LogP contribution >= 0.6 is 0 Å². The molecule has 7 aromatic rings. The van der Waals surface area contributed by atoms with Gasteiger partial charge in [-0.25, -0.2) is 0 Å². The third-order valence-corrected chi connectivity index (χ3v) is 9.12. The monoisotopic (exact) mass is 599 g/mol. The summed E-state index contributed by atoms with van der Waals surface area (Å²) in [5.41, 5.74) is 12.1. The molecule has 0 saturated carbocycles. The van der Waals surface area contributed by atoms with Crippen molar-refractivity contribution >= 4 is 44.4 Å². The van der Waals surface area contributed by atoms with Crippen LogP contribution in [0.1, 0.15) is 28.8 Å². The summed E-state index contributed by atoms with van der Waals surface area (Å²) < 4.78 is 4.79. The summed E-state index contributed by atoms with van der Waals surface area (Å²) in [7, 11) is 0. The molecule has 0 saturated heterocycles. The molecule has 3 nitrogen and oxygen atoms in total. The fraction of sp³-hybridized carbons (Fsp3) is 0.0682. The SMILES string of the molecule is C#C/C=C\C=C(/Cn1c2ccccc2c2cc(C#N)ccc21)c1ccc(-c2c#cccc2)c(-n2c3c(c4ccccc42)C=CCC3)c1. The highest BCUT2D eigenvalue weighted by atomic mass is 15.0. The maximum atomic E-state index is 9.64. The Morgan fingerprint density at radius 2 is 1.70 bits per heavy atom. The smallest absolute Gasteiger partial charge is 0.0991 e. The number of nitriles is 1. The van der Waals surface area contributed by atoms with Gasteiger partial charge in [-0.05, 0) is 78.6 Å². The summed E-state index contributed by atoms with van der Waals surface area (Å²) in [6.45, 7) is 0.613. The molecule has 0 unspecified atom stereocenters. The molecule has 3 heteroatoms. The number of fused-ring (bicyclic) bond motifs is 6. The Balaban J connectivity index is 1.37. The molecule has 0 radical (unpaired) electrons. The van der Waals surface area contributed by atoms with Crippen molar-refractivity contribution in [2.45, 2.75) is 19.4 Å². The summed E-state index contributed by atoms with van der Waals surface area (Å²) in [6, 6.07) is 44.6. The minimum atomic E-state index is 0.613. The normalized spacial score (nSPS) is 12.8. The van der Waals surface area contributed by atoms with Gasteiger partial charge in [-0.1, -0.05) is 97.0 Å². The highest BCUT2D eigenvalue weighted by molar-refractivity contribution is 6.08. The molecule has 0 fully saturated rings. The van der Waals surface area contributed by atoms with Gasteiger partial charge in [0.25, 0.3) is 0 Å². The number of aromatic nitrogens is 2. The van der Waals surface area contributed by atoms with Crippen LogP contribution in [0.2, 0.25) is 0 Å². The summed E-state index contributed by atoms with van der Waals surface area (Å²) in [5.74, 6) is 2.64. The first-order chi connectivity index (χ1) is 23.2. The van der Waals surface area contributed by atoms with Crippen molar-refractivity contribution in [3.8, 4) is 35.2 Å². The van der Waals surface area contributed by atoms with E-state index in [1.165, 1.54) is 22.2 Å². The molecular weight excluding hydrogens is 571 g/mol. The van der Waals surface area contributed by atoms with Crippen molar-refractivity contribution in [1.82, 2.24) is 9.13 Å². The molecule has 1 aliphatic rings. The lowest BCUT2D eigenvalue weighted by atomic mass is 9.97. The van der Waals surface area contributed by atoms with E-state index in [2.05, 4.69) is 130 Å². The van der Waals surface area contributed by atoms with Gasteiger partial charge in [-0.2, -0.15) is 5.26 Å². The van der Waals surface area contributed by atoms with E-state index in [1.807, 2.05) is 30.3 Å². The van der Waals surface area contributed by atoms with Crippen LogP contribution in [-0.2, 0) is 13.0 Å². The van der Waals surface area contributed by atoms with Gasteiger partial charge in [-0.15, -0.1) is 6.42 Å². The van der Waals surface area contributed by atoms with Gasteiger partial charge >= 0.3 is 0 Å². The first kappa shape index (κ1) is 28.0. The molecule has 0 aliphatic heterocycles. The van der Waals surface area contributed by atoms with Gasteiger partial charge in [0.05, 0.1) is 22.8 Å². The van der Waals surface area contributed by atoms with Crippen LogP contribution < -0.4 is 0 Å². The van der Waals surface area contributed by atoms with E-state index >= 15 is 0 Å². The highest BCUT2D eigenvalue weighted by Crippen LogP contribution is 2.39. The van der Waals surface area contributed by atoms with E-state index in [0.717, 1.165) is 62.6 Å². The van der Waals surface area contributed by atoms with E-state index in [-0.39, 0.29) is 0 Å². The molecule has 2 aromatic heterocycles. The second-order valence-corrected chi connectivity index (χ2v) is 11.8. The number of hydrogen-bond acceptors (Lipinski definition) is 1. The van der Waals surface area contributed by atoms with Crippen molar-refractivity contribution < 1.29 is 0 Å². The van der Waals surface area contributed by atoms with Crippen molar-refractivity contribution in [1.29, 1.82) is 5.26 Å². The zero-order valence-electron chi connectivity index (χ0n) is 25.7. The molecule has 0 N–H and O–H groups in total. The summed E-state index contributed by atoms with van der Waals surface area (Å²) in [6.07, 6.45) is 18.0. The number of allylic oxidation sites excluding steroid dienone is 5. The first-order valence-corrected chi connectivity index (χ1v) is 15.8. The molecule has 47 heavy (non-hydrogen) atoms. The van der Waals surface area contributed by atoms with E-state index in [4.69, 9.17) is 6.42 Å². The van der Waals surface area contributed by atoms with Crippen molar-refractivity contribution in [3.05, 3.63) is 162 Å². The minimum absolute atomic E-state index is 0.613. The minimum Gasteiger partial charge on any atom is -0.336 e. The molecule has 0 amide bonds. The standard InChI is InChI=1S/C44H29N3/c1-2-3-5-16-34(30-46-40-20-11-8-19-38(40)39-27-31(29-45)23-26-41(39)46)33-24-25-35(32-14-6-4-7-15-32)44(28-33)47-42-21-12-9-17-36(42)37-18-10-13-22-43(37)47/h1,3-6,8-12,14,16-21,23-28H,13,22,30H2/b5-3-,34-16+. The van der Waals surface area contributed by atoms with Crippen LogP contribution in [0, 0.1) is 35.8 Å². The topological polar surface area (TPSA) is 33.6 Å². The molecule has 8 rings (SSSR count). The molecule has 0 spiro atoms. The lowest BCUT2D eigenvalue weighted by Gasteiger charge is -2.19. The second kappa shape index (κ2) is 11.8. The average molecular weight is 600 g/mol. The van der Waals surface area contributed by atoms with E-state index in [9.17, 15) is 5.26 Å². The Hall–Kier alpha value is -6.47. The fourth-order valence-electron chi connectivity index (χ4n) is 7.03. The summed E-state index contributed by atoms with van der Waals surface area (Å²) in [5, 5.41) is 13.1. The van der Waals surface area contributed by atoms with Crippen LogP contribution in [0.3, 0.4) is 0 Å². The zero-order chi connectivity index (χ0) is 31.7. The van der Waals surface area contributed by atoms with Gasteiger partial charge in [0.1, 0.15) is 0 Å². The van der Waals surface area contributed by atoms with Gasteiger partial charge < -0.3 is 9.13 Å². The Morgan fingerprint density at radius 3 is 2.53 bits per heavy atom. The van der Waals surface area contributed by atoms with Crippen molar-refractivity contribution in [2.24, 2.45) is 0 Å². The second-order valence-electron chi connectivity index (χ2n) is 11.8. The van der Waals surface area contributed by atoms with Crippen molar-refractivity contribution in [2.75, 3.05) is 0 Å². The maximum absolute atomic E-state index is 9.64. The molecule has 220 valence electrons. The Morgan fingerprint density at radius 1 is 0.872 bits per heavy atom. The van der Waals surface area contributed by atoms with Gasteiger partial charge in [0, 0.05) is 56.1 Å². The van der Waals surface area contributed by atoms with Crippen LogP contribution in [-0.4, -0.2) is 9.13 Å². The third-order valence-electron chi connectivity index (χ3n) is 9.12. The maximum Gasteiger partial charge on any atom is 0.0991 e. The zero-order valence-corrected chi connectivity index (χ0v) is 25.7. The lowest BCUT2D eigenvalue weighted by Crippen LogP contribution is -2.06. The number of hydrogen-bond donors (Lipinski definition) is 0. The lowest BCUT2D eigenvalue weighted by molar-refractivity contribution is 0.887. The van der Waals surface area contributed by atoms with E-state index in [0.29, 0.717) is 12.1 Å². The van der Waals surface area contributed by atoms with Gasteiger partial charge in [0.15, 0.2) is 0 Å². The molecule has 0 bridgehead atoms. The quantitative estimate of drug-likeness (QED) is 0.138. The Labute approximate surface area is 274 Å². The molecule has 0 atom stereocenters. The first-order valence-electron chi connectivity index (χ1n) is 15.8. The number of terminal acetylenes is 1. The third kappa shape index (κ3) is 4.82. The predicted molar refractivity (Wildman–Crippen MR) is 194 cm³/mol.